The van der Waals surface area contributed by atoms with Gasteiger partial charge in [0.2, 0.25) is 0 Å². The van der Waals surface area contributed by atoms with Crippen LogP contribution < -0.4 is 5.73 Å². The molecule has 1 aromatic heterocycles. The zero-order valence-electron chi connectivity index (χ0n) is 32.1. The molecule has 5 rings (SSSR count). The van der Waals surface area contributed by atoms with Crippen LogP contribution in [0.15, 0.2) is 88.6 Å². The summed E-state index contributed by atoms with van der Waals surface area (Å²) < 4.78 is 76.0. The van der Waals surface area contributed by atoms with Gasteiger partial charge in [0.05, 0.1) is 0 Å². The van der Waals surface area contributed by atoms with Gasteiger partial charge in [-0.3, -0.25) is 0 Å². The highest BCUT2D eigenvalue weighted by molar-refractivity contribution is 6.31. The Labute approximate surface area is 338 Å². The Morgan fingerprint density at radius 1 is 0.754 bits per heavy atom. The fourth-order valence-corrected chi connectivity index (χ4v) is 5.29. The third-order valence-electron chi connectivity index (χ3n) is 7.32. The number of rotatable bonds is 12. The van der Waals surface area contributed by atoms with E-state index in [1.54, 1.807) is 51.1 Å². The number of aryl methyl sites for hydroxylation is 2. The lowest BCUT2D eigenvalue weighted by atomic mass is 10.1. The summed E-state index contributed by atoms with van der Waals surface area (Å²) in [6.07, 6.45) is 6.66. The molecule has 5 aromatic rings. The second-order valence-corrected chi connectivity index (χ2v) is 12.1. The summed E-state index contributed by atoms with van der Waals surface area (Å²) in [4.78, 5) is 3.99. The smallest absolute Gasteiger partial charge is 0.317 e. The van der Waals surface area contributed by atoms with Gasteiger partial charge in [-0.25, -0.2) is 17.6 Å². The first-order valence-corrected chi connectivity index (χ1v) is 18.0. The van der Waals surface area contributed by atoms with E-state index in [4.69, 9.17) is 58.0 Å². The Morgan fingerprint density at radius 3 is 1.65 bits per heavy atom. The van der Waals surface area contributed by atoms with Gasteiger partial charge in [0, 0.05) is 37.0 Å². The maximum absolute atomic E-state index is 13.8. The van der Waals surface area contributed by atoms with E-state index in [-0.39, 0.29) is 48.5 Å². The number of aromatic nitrogens is 2. The molecule has 0 unspecified atom stereocenters. The molecule has 0 fully saturated rings. The monoisotopic (exact) mass is 834 g/mol. The van der Waals surface area contributed by atoms with Gasteiger partial charge >= 0.3 is 5.97 Å². The minimum absolute atomic E-state index is 0.0688. The molecule has 0 aliphatic carbocycles. The van der Waals surface area contributed by atoms with Crippen LogP contribution in [-0.2, 0) is 20.2 Å². The molecule has 0 aliphatic rings. The van der Waals surface area contributed by atoms with Crippen LogP contribution in [0.3, 0.4) is 0 Å². The number of hydrogen-bond acceptors (Lipinski definition) is 9. The quantitative estimate of drug-likeness (QED) is 0.0279. The van der Waals surface area contributed by atoms with Crippen molar-refractivity contribution in [2.24, 2.45) is 10.9 Å². The molecule has 0 amide bonds. The van der Waals surface area contributed by atoms with E-state index >= 15 is 0 Å². The molecule has 0 atom stereocenters. The van der Waals surface area contributed by atoms with Crippen LogP contribution in [0, 0.1) is 37.1 Å². The molecule has 0 saturated heterocycles. The third kappa shape index (κ3) is 14.4. The van der Waals surface area contributed by atoms with Crippen molar-refractivity contribution in [1.82, 2.24) is 10.1 Å². The van der Waals surface area contributed by atoms with E-state index in [1.165, 1.54) is 18.2 Å². The van der Waals surface area contributed by atoms with Gasteiger partial charge in [0.25, 0.3) is 5.89 Å². The molecule has 1 heterocycles. The van der Waals surface area contributed by atoms with Crippen molar-refractivity contribution in [3.8, 4) is 11.5 Å². The van der Waals surface area contributed by atoms with Crippen LogP contribution in [0.2, 0.25) is 10.0 Å². The Balaban J connectivity index is 0.000000298. The summed E-state index contributed by atoms with van der Waals surface area (Å²) in [5.74, 6) is -4.76. The maximum Gasteiger partial charge on any atom is 0.317 e. The topological polar surface area (TPSA) is 145 Å². The van der Waals surface area contributed by atoms with E-state index in [0.29, 0.717) is 10.0 Å². The van der Waals surface area contributed by atoms with Gasteiger partial charge in [-0.1, -0.05) is 69.9 Å². The van der Waals surface area contributed by atoms with Crippen LogP contribution in [0.4, 0.5) is 17.6 Å². The molecule has 0 radical (unpaired) electrons. The lowest BCUT2D eigenvalue weighted by Crippen LogP contribution is -2.38. The fraction of sp³-hybridized carbons (Fsp3) is 0.244. The Morgan fingerprint density at radius 2 is 1.21 bits per heavy atom. The summed E-state index contributed by atoms with van der Waals surface area (Å²) in [5.41, 5.74) is 8.55. The highest BCUT2D eigenvalue weighted by Gasteiger charge is 2.40. The van der Waals surface area contributed by atoms with Gasteiger partial charge in [-0.05, 0) is 118 Å². The second-order valence-electron chi connectivity index (χ2n) is 11.2. The zero-order valence-corrected chi connectivity index (χ0v) is 33.6. The van der Waals surface area contributed by atoms with Crippen molar-refractivity contribution in [2.45, 2.75) is 40.6 Å². The minimum Gasteiger partial charge on any atom is -0.409 e. The van der Waals surface area contributed by atoms with Gasteiger partial charge in [-0.2, -0.15) is 4.98 Å². The predicted octanol–water partition coefficient (Wildman–Crippen LogP) is 10.3. The normalized spacial score (nSPS) is 11.4. The second kappa shape index (κ2) is 24.5. The SMILES string of the molecule is CCOC(OCC)(OCC)c1c(F)cccc1F.CO.Cc1cc(Cl)ccc1/C=C/C(N)=N/O.Cc1cc(Cl)ccc1/C=C/c1noc(-c2c(F)cccc2F)n1. The summed E-state index contributed by atoms with van der Waals surface area (Å²) in [6.45, 7) is 9.57. The minimum atomic E-state index is -1.83. The van der Waals surface area contributed by atoms with Crippen molar-refractivity contribution in [3.05, 3.63) is 146 Å². The molecule has 57 heavy (non-hydrogen) atoms. The van der Waals surface area contributed by atoms with Crippen molar-refractivity contribution >= 4 is 47.3 Å². The van der Waals surface area contributed by atoms with Crippen LogP contribution in [-0.4, -0.2) is 53.2 Å². The number of nitrogens with zero attached hydrogens (tertiary/aromatic N) is 3. The van der Waals surface area contributed by atoms with Crippen molar-refractivity contribution < 1.29 is 46.6 Å². The highest BCUT2D eigenvalue weighted by atomic mass is 35.5. The number of aliphatic hydroxyl groups is 1. The Kier molecular flexibility index (Phi) is 20.7. The summed E-state index contributed by atoms with van der Waals surface area (Å²) >= 11 is 11.7. The van der Waals surface area contributed by atoms with Gasteiger partial charge in [0.1, 0.15) is 34.4 Å². The molecule has 0 bridgehead atoms. The number of aliphatic hydroxyl groups excluding tert-OH is 1. The van der Waals surface area contributed by atoms with Crippen LogP contribution in [0.1, 0.15) is 54.4 Å². The molecule has 4 N–H and O–H groups in total. The van der Waals surface area contributed by atoms with Crippen LogP contribution in [0.5, 0.6) is 0 Å². The maximum atomic E-state index is 13.8. The first-order chi connectivity index (χ1) is 27.3. The van der Waals surface area contributed by atoms with Crippen LogP contribution >= 0.6 is 23.2 Å². The van der Waals surface area contributed by atoms with E-state index in [0.717, 1.165) is 53.6 Å². The molecule has 16 heteroatoms. The Hall–Kier alpha value is -5.09. The molecule has 0 saturated carbocycles. The molecule has 0 spiro atoms. The number of oxime groups is 1. The summed E-state index contributed by atoms with van der Waals surface area (Å²) in [6, 6.07) is 18.1. The Bertz CT molecular complexity index is 2060. The largest absolute Gasteiger partial charge is 0.409 e. The molecule has 306 valence electrons. The number of halogens is 6. The van der Waals surface area contributed by atoms with Gasteiger partial charge in [-0.15, -0.1) is 0 Å². The number of nitrogens with two attached hydrogens (primary N) is 1. The number of benzene rings is 4. The highest BCUT2D eigenvalue weighted by Crippen LogP contribution is 2.33. The van der Waals surface area contributed by atoms with E-state index in [9.17, 15) is 17.6 Å². The molecule has 10 nitrogen and oxygen atoms in total. The average molecular weight is 836 g/mol. The number of amidine groups is 1. The lowest BCUT2D eigenvalue weighted by molar-refractivity contribution is -0.391. The van der Waals surface area contributed by atoms with Gasteiger partial charge < -0.3 is 34.8 Å². The summed E-state index contributed by atoms with van der Waals surface area (Å²) in [5, 5.41) is 23.2. The average Bonchev–Trinajstić information content (AvgIpc) is 3.64. The van der Waals surface area contributed by atoms with Crippen molar-refractivity contribution in [3.63, 3.8) is 0 Å². The van der Waals surface area contributed by atoms with E-state index in [1.807, 2.05) is 38.1 Å². The van der Waals surface area contributed by atoms with Crippen molar-refractivity contribution in [2.75, 3.05) is 26.9 Å². The number of ether oxygens (including phenoxy) is 3. The zero-order chi connectivity index (χ0) is 42.5. The summed E-state index contributed by atoms with van der Waals surface area (Å²) in [7, 11) is 1.00. The van der Waals surface area contributed by atoms with Gasteiger partial charge in [0.15, 0.2) is 11.7 Å². The fourth-order valence-electron chi connectivity index (χ4n) is 4.83. The van der Waals surface area contributed by atoms with E-state index in [2.05, 4.69) is 15.3 Å². The molecule has 0 aliphatic heterocycles. The number of hydrogen-bond donors (Lipinski definition) is 3. The standard InChI is InChI=1S/C17H11ClF2N2O.C13H18F2O3.C10H11ClN2O.CH4O/c1-10-9-12(18)7-5-11(10)6-8-15-21-17(23-22-15)16-13(19)3-2-4-14(16)20;1-4-16-13(17-5-2,18-6-3)12-10(14)8-7-9-11(12)15;1-7-6-9(11)4-2-8(7)3-5-10(12)13-14;1-2/h2-9H,1H3;7-9H,4-6H2,1-3H3;2-6,14H,1H3,(H2,12,13);2H,1H3/b8-6+;;5-3+;. The first kappa shape index (κ1) is 48.1. The first-order valence-electron chi connectivity index (χ1n) is 17.2. The third-order valence-corrected chi connectivity index (χ3v) is 7.79. The lowest BCUT2D eigenvalue weighted by Gasteiger charge is -2.32. The molecular formula is C41H44Cl2F4N4O6. The van der Waals surface area contributed by atoms with E-state index < -0.39 is 29.2 Å². The molecule has 4 aromatic carbocycles. The molecular weight excluding hydrogens is 791 g/mol. The predicted molar refractivity (Wildman–Crippen MR) is 214 cm³/mol. The van der Waals surface area contributed by atoms with Crippen molar-refractivity contribution in [1.29, 1.82) is 0 Å². The van der Waals surface area contributed by atoms with Crippen LogP contribution in [0.25, 0.3) is 29.7 Å².